The average molecular weight is 160 g/mol. The van der Waals surface area contributed by atoms with Gasteiger partial charge in [-0.3, -0.25) is 0 Å². The molecule has 0 spiro atoms. The van der Waals surface area contributed by atoms with Gasteiger partial charge in [0.2, 0.25) is 5.89 Å². The van der Waals surface area contributed by atoms with E-state index >= 15 is 0 Å². The summed E-state index contributed by atoms with van der Waals surface area (Å²) < 4.78 is 4.42. The molecular formula is C7H16N2O2. The molecule has 0 unspecified atom stereocenters. The van der Waals surface area contributed by atoms with Crippen LogP contribution in [0.15, 0.2) is 9.32 Å². The molecule has 1 heterocycles. The smallest absolute Gasteiger partial charge is 0.362 e. The van der Waals surface area contributed by atoms with Gasteiger partial charge in [-0.1, -0.05) is 27.7 Å². The molecule has 0 fully saturated rings. The van der Waals surface area contributed by atoms with Gasteiger partial charge in [-0.2, -0.15) is 10.1 Å². The first-order valence-corrected chi connectivity index (χ1v) is 3.81. The van der Waals surface area contributed by atoms with Crippen molar-refractivity contribution in [1.29, 1.82) is 0 Å². The Balaban J connectivity index is 0. The SMILES string of the molecule is CC.CC.Cc1nc(=O)[nH]o1. The maximum absolute atomic E-state index is 10.0. The average Bonchev–Trinajstić information content (AvgIpc) is 2.43. The van der Waals surface area contributed by atoms with Crippen LogP contribution in [0.25, 0.3) is 0 Å². The lowest BCUT2D eigenvalue weighted by atomic mass is 10.8. The highest BCUT2D eigenvalue weighted by molar-refractivity contribution is 4.64. The highest BCUT2D eigenvalue weighted by atomic mass is 16.5. The summed E-state index contributed by atoms with van der Waals surface area (Å²) in [6.07, 6.45) is 0. The van der Waals surface area contributed by atoms with Crippen molar-refractivity contribution in [3.8, 4) is 0 Å². The Labute approximate surface area is 66.6 Å². The van der Waals surface area contributed by atoms with Crippen LogP contribution in [0.1, 0.15) is 33.6 Å². The number of rotatable bonds is 0. The Morgan fingerprint density at radius 2 is 1.73 bits per heavy atom. The van der Waals surface area contributed by atoms with Gasteiger partial charge in [-0.25, -0.2) is 4.79 Å². The molecule has 0 atom stereocenters. The minimum Gasteiger partial charge on any atom is -0.362 e. The molecule has 4 heteroatoms. The number of hydrogen-bond acceptors (Lipinski definition) is 3. The lowest BCUT2D eigenvalue weighted by Crippen LogP contribution is -1.99. The van der Waals surface area contributed by atoms with E-state index in [1.807, 2.05) is 32.9 Å². The number of nitrogens with zero attached hydrogens (tertiary/aromatic N) is 1. The summed E-state index contributed by atoms with van der Waals surface area (Å²) >= 11 is 0. The zero-order valence-corrected chi connectivity index (χ0v) is 7.76. The Hall–Kier alpha value is -1.06. The van der Waals surface area contributed by atoms with Gasteiger partial charge in [-0.15, -0.1) is 0 Å². The van der Waals surface area contributed by atoms with Crippen LogP contribution in [0.3, 0.4) is 0 Å². The summed E-state index contributed by atoms with van der Waals surface area (Å²) in [5, 5.41) is 2.03. The lowest BCUT2D eigenvalue weighted by Gasteiger charge is -1.64. The number of aromatic nitrogens is 2. The first-order chi connectivity index (χ1) is 5.29. The molecule has 0 saturated carbocycles. The molecule has 0 aliphatic carbocycles. The zero-order valence-electron chi connectivity index (χ0n) is 7.76. The number of H-pyrrole nitrogens is 1. The summed E-state index contributed by atoms with van der Waals surface area (Å²) in [5.41, 5.74) is -0.433. The third kappa shape index (κ3) is 6.83. The number of hydrogen-bond donors (Lipinski definition) is 1. The molecule has 11 heavy (non-hydrogen) atoms. The summed E-state index contributed by atoms with van der Waals surface area (Å²) in [6, 6.07) is 0. The van der Waals surface area contributed by atoms with Crippen LogP contribution in [0.4, 0.5) is 0 Å². The van der Waals surface area contributed by atoms with E-state index in [1.165, 1.54) is 0 Å². The van der Waals surface area contributed by atoms with Gasteiger partial charge in [0.25, 0.3) is 0 Å². The molecule has 1 aromatic heterocycles. The molecule has 0 aromatic carbocycles. The molecule has 1 rings (SSSR count). The Kier molecular flexibility index (Phi) is 10.2. The van der Waals surface area contributed by atoms with Crippen molar-refractivity contribution in [3.05, 3.63) is 16.4 Å². The van der Waals surface area contributed by atoms with E-state index in [0.717, 1.165) is 0 Å². The fourth-order valence-electron chi connectivity index (χ4n) is 0.306. The molecule has 0 saturated heterocycles. The van der Waals surface area contributed by atoms with Crippen molar-refractivity contribution < 1.29 is 4.52 Å². The van der Waals surface area contributed by atoms with Crippen molar-refractivity contribution in [2.75, 3.05) is 0 Å². The van der Waals surface area contributed by atoms with E-state index < -0.39 is 5.69 Å². The fourth-order valence-corrected chi connectivity index (χ4v) is 0.306. The van der Waals surface area contributed by atoms with Crippen molar-refractivity contribution in [2.45, 2.75) is 34.6 Å². The van der Waals surface area contributed by atoms with Crippen LogP contribution >= 0.6 is 0 Å². The Morgan fingerprint density at radius 1 is 1.27 bits per heavy atom. The van der Waals surface area contributed by atoms with E-state index in [2.05, 4.69) is 9.51 Å². The van der Waals surface area contributed by atoms with E-state index in [0.29, 0.717) is 5.89 Å². The van der Waals surface area contributed by atoms with Gasteiger partial charge in [0.15, 0.2) is 0 Å². The van der Waals surface area contributed by atoms with Gasteiger partial charge in [0, 0.05) is 6.92 Å². The summed E-state index contributed by atoms with van der Waals surface area (Å²) in [7, 11) is 0. The fraction of sp³-hybridized carbons (Fsp3) is 0.714. The number of nitrogens with one attached hydrogen (secondary N) is 1. The molecule has 0 aliphatic rings. The third-order valence-corrected chi connectivity index (χ3v) is 0.545. The maximum atomic E-state index is 10.0. The minimum absolute atomic E-state index is 0.366. The summed E-state index contributed by atoms with van der Waals surface area (Å²) in [4.78, 5) is 13.4. The second kappa shape index (κ2) is 8.94. The maximum Gasteiger partial charge on any atom is 0.377 e. The molecular weight excluding hydrogens is 144 g/mol. The predicted octanol–water partition coefficient (Wildman–Crippen LogP) is 1.72. The van der Waals surface area contributed by atoms with Gasteiger partial charge in [0.1, 0.15) is 0 Å². The zero-order chi connectivity index (χ0) is 9.28. The second-order valence-electron chi connectivity index (χ2n) is 1.14. The van der Waals surface area contributed by atoms with Crippen LogP contribution < -0.4 is 5.69 Å². The van der Waals surface area contributed by atoms with Crippen LogP contribution in [0.2, 0.25) is 0 Å². The molecule has 1 aromatic rings. The van der Waals surface area contributed by atoms with E-state index in [-0.39, 0.29) is 0 Å². The van der Waals surface area contributed by atoms with E-state index in [1.54, 1.807) is 6.92 Å². The second-order valence-corrected chi connectivity index (χ2v) is 1.14. The molecule has 0 radical (unpaired) electrons. The van der Waals surface area contributed by atoms with E-state index in [4.69, 9.17) is 0 Å². The van der Waals surface area contributed by atoms with Gasteiger partial charge >= 0.3 is 5.69 Å². The topological polar surface area (TPSA) is 58.9 Å². The molecule has 4 nitrogen and oxygen atoms in total. The molecule has 0 bridgehead atoms. The van der Waals surface area contributed by atoms with Crippen LogP contribution in [-0.4, -0.2) is 10.1 Å². The van der Waals surface area contributed by atoms with Crippen LogP contribution in [0.5, 0.6) is 0 Å². The first kappa shape index (κ1) is 12.6. The van der Waals surface area contributed by atoms with E-state index in [9.17, 15) is 4.79 Å². The molecule has 0 amide bonds. The molecule has 1 N–H and O–H groups in total. The Bertz CT molecular complexity index is 202. The van der Waals surface area contributed by atoms with Gasteiger partial charge in [0.05, 0.1) is 0 Å². The molecule has 66 valence electrons. The van der Waals surface area contributed by atoms with Crippen molar-refractivity contribution in [1.82, 2.24) is 10.1 Å². The first-order valence-electron chi connectivity index (χ1n) is 3.81. The largest absolute Gasteiger partial charge is 0.377 e. The number of aryl methyl sites for hydroxylation is 1. The standard InChI is InChI=1S/C3H4N2O2.2C2H6/c1-2-4-3(6)5-7-2;2*1-2/h1H3,(H,5,6);2*1-2H3. The van der Waals surface area contributed by atoms with Crippen molar-refractivity contribution in [2.24, 2.45) is 0 Å². The van der Waals surface area contributed by atoms with Gasteiger partial charge < -0.3 is 4.52 Å². The van der Waals surface area contributed by atoms with Crippen LogP contribution in [0, 0.1) is 6.92 Å². The highest BCUT2D eigenvalue weighted by Crippen LogP contribution is 1.76. The summed E-state index contributed by atoms with van der Waals surface area (Å²) in [5.74, 6) is 0.366. The normalized spacial score (nSPS) is 7.00. The monoisotopic (exact) mass is 160 g/mol. The van der Waals surface area contributed by atoms with Crippen LogP contribution in [-0.2, 0) is 0 Å². The number of aromatic amines is 1. The molecule has 0 aliphatic heterocycles. The highest BCUT2D eigenvalue weighted by Gasteiger charge is 1.87. The quantitative estimate of drug-likeness (QED) is 0.628. The predicted molar refractivity (Wildman–Crippen MR) is 44.6 cm³/mol. The Morgan fingerprint density at radius 3 is 1.82 bits per heavy atom. The van der Waals surface area contributed by atoms with Crippen molar-refractivity contribution in [3.63, 3.8) is 0 Å². The van der Waals surface area contributed by atoms with Crippen molar-refractivity contribution >= 4 is 0 Å². The van der Waals surface area contributed by atoms with Gasteiger partial charge in [-0.05, 0) is 0 Å². The lowest BCUT2D eigenvalue weighted by molar-refractivity contribution is 0.388. The third-order valence-electron chi connectivity index (χ3n) is 0.545. The summed E-state index contributed by atoms with van der Waals surface area (Å²) in [6.45, 7) is 9.60. The minimum atomic E-state index is -0.433.